The summed E-state index contributed by atoms with van der Waals surface area (Å²) in [6.45, 7) is 4.57. The highest BCUT2D eigenvalue weighted by atomic mass is 16.5. The Morgan fingerprint density at radius 1 is 1.29 bits per heavy atom. The minimum atomic E-state index is -0.806. The van der Waals surface area contributed by atoms with Crippen LogP contribution in [0.4, 0.5) is 4.79 Å². The molecule has 1 aromatic heterocycles. The van der Waals surface area contributed by atoms with Crippen molar-refractivity contribution in [1.82, 2.24) is 14.9 Å². The quantitative estimate of drug-likeness (QED) is 0.791. The summed E-state index contributed by atoms with van der Waals surface area (Å²) >= 11 is 0. The van der Waals surface area contributed by atoms with Crippen LogP contribution in [0, 0.1) is 5.92 Å². The Balaban J connectivity index is 1.45. The lowest BCUT2D eigenvalue weighted by molar-refractivity contribution is 0.101. The predicted octanol–water partition coefficient (Wildman–Crippen LogP) is 4.56. The van der Waals surface area contributed by atoms with Crippen LogP contribution in [-0.4, -0.2) is 40.1 Å². The van der Waals surface area contributed by atoms with Crippen molar-refractivity contribution in [2.75, 3.05) is 13.1 Å². The molecule has 1 unspecified atom stereocenters. The molecule has 6 nitrogen and oxygen atoms in total. The lowest BCUT2D eigenvalue weighted by Gasteiger charge is -2.41. The number of imidazole rings is 1. The number of carbonyl (C=O) groups excluding carboxylic acids is 1. The molecule has 1 amide bonds. The number of amides is 1. The van der Waals surface area contributed by atoms with Crippen molar-refractivity contribution >= 4 is 17.1 Å². The number of piperidine rings is 1. The summed E-state index contributed by atoms with van der Waals surface area (Å²) in [4.78, 5) is 22.1. The van der Waals surface area contributed by atoms with Crippen LogP contribution in [0.25, 0.3) is 11.0 Å². The van der Waals surface area contributed by atoms with Crippen LogP contribution in [0.5, 0.6) is 5.75 Å². The number of benzene rings is 1. The van der Waals surface area contributed by atoms with Crippen LogP contribution < -0.4 is 10.5 Å². The Bertz CT molecular complexity index is 810. The van der Waals surface area contributed by atoms with Gasteiger partial charge in [0.15, 0.2) is 5.75 Å². The van der Waals surface area contributed by atoms with Crippen LogP contribution in [0.15, 0.2) is 18.2 Å². The van der Waals surface area contributed by atoms with E-state index in [1.54, 1.807) is 6.07 Å². The first-order valence-corrected chi connectivity index (χ1v) is 10.8. The number of hydrogen-bond donors (Lipinski definition) is 2. The zero-order valence-corrected chi connectivity index (χ0v) is 16.8. The third-order valence-electron chi connectivity index (χ3n) is 6.57. The Morgan fingerprint density at radius 2 is 2.11 bits per heavy atom. The van der Waals surface area contributed by atoms with Gasteiger partial charge in [-0.25, -0.2) is 9.78 Å². The SMILES string of the molecule is CCCC1CCC(N2CCCC(c3nc4c(OC(N)=O)cccc4[nH]3)C2)CC1. The Morgan fingerprint density at radius 3 is 2.86 bits per heavy atom. The second-order valence-electron chi connectivity index (χ2n) is 8.49. The molecular formula is C22H32N4O2. The predicted molar refractivity (Wildman–Crippen MR) is 111 cm³/mol. The molecule has 0 radical (unpaired) electrons. The number of carbonyl (C=O) groups is 1. The molecule has 3 N–H and O–H groups in total. The van der Waals surface area contributed by atoms with Gasteiger partial charge in [0.1, 0.15) is 11.3 Å². The van der Waals surface area contributed by atoms with Crippen molar-refractivity contribution < 1.29 is 9.53 Å². The normalized spacial score (nSPS) is 26.4. The lowest BCUT2D eigenvalue weighted by Crippen LogP contribution is -2.43. The first-order chi connectivity index (χ1) is 13.6. The smallest absolute Gasteiger partial charge is 0.408 e. The molecule has 1 aliphatic heterocycles. The minimum Gasteiger partial charge on any atom is -0.408 e. The number of para-hydroxylation sites is 1. The average Bonchev–Trinajstić information content (AvgIpc) is 3.14. The first kappa shape index (κ1) is 19.2. The van der Waals surface area contributed by atoms with E-state index < -0.39 is 6.09 Å². The second kappa shape index (κ2) is 8.52. The highest BCUT2D eigenvalue weighted by molar-refractivity contribution is 5.84. The number of H-pyrrole nitrogens is 1. The fraction of sp³-hybridized carbons (Fsp3) is 0.636. The molecule has 4 rings (SSSR count). The van der Waals surface area contributed by atoms with Crippen LogP contribution in [0.2, 0.25) is 0 Å². The molecule has 28 heavy (non-hydrogen) atoms. The number of primary amides is 1. The number of fused-ring (bicyclic) bond motifs is 1. The summed E-state index contributed by atoms with van der Waals surface area (Å²) in [5.41, 5.74) is 6.77. The van der Waals surface area contributed by atoms with Gasteiger partial charge in [0, 0.05) is 18.5 Å². The Kier molecular flexibility index (Phi) is 5.85. The number of ether oxygens (including phenoxy) is 1. The Labute approximate surface area is 166 Å². The maximum Gasteiger partial charge on any atom is 0.410 e. The van der Waals surface area contributed by atoms with Crippen molar-refractivity contribution in [2.45, 2.75) is 70.3 Å². The topological polar surface area (TPSA) is 84.2 Å². The summed E-state index contributed by atoms with van der Waals surface area (Å²) in [5.74, 6) is 2.77. The molecule has 0 spiro atoms. The molecule has 2 aromatic rings. The van der Waals surface area contributed by atoms with Gasteiger partial charge >= 0.3 is 6.09 Å². The Hall–Kier alpha value is -2.08. The van der Waals surface area contributed by atoms with Gasteiger partial charge in [0.2, 0.25) is 0 Å². The van der Waals surface area contributed by atoms with Crippen molar-refractivity contribution in [3.8, 4) is 5.75 Å². The van der Waals surface area contributed by atoms with E-state index in [0.717, 1.165) is 36.3 Å². The second-order valence-corrected chi connectivity index (χ2v) is 8.49. The van der Waals surface area contributed by atoms with Crippen molar-refractivity contribution in [2.24, 2.45) is 11.7 Å². The van der Waals surface area contributed by atoms with Gasteiger partial charge < -0.3 is 15.5 Å². The molecule has 1 aliphatic carbocycles. The highest BCUT2D eigenvalue weighted by Gasteiger charge is 2.31. The van der Waals surface area contributed by atoms with Gasteiger partial charge in [-0.1, -0.05) is 25.8 Å². The van der Waals surface area contributed by atoms with Crippen molar-refractivity contribution in [1.29, 1.82) is 0 Å². The summed E-state index contributed by atoms with van der Waals surface area (Å²) in [5, 5.41) is 0. The molecule has 1 atom stereocenters. The van der Waals surface area contributed by atoms with Crippen LogP contribution in [0.3, 0.4) is 0 Å². The van der Waals surface area contributed by atoms with Crippen LogP contribution in [0.1, 0.15) is 70.0 Å². The fourth-order valence-electron chi connectivity index (χ4n) is 5.18. The van der Waals surface area contributed by atoms with Crippen LogP contribution >= 0.6 is 0 Å². The van der Waals surface area contributed by atoms with E-state index in [2.05, 4.69) is 16.8 Å². The molecule has 1 aromatic carbocycles. The van der Waals surface area contributed by atoms with Gasteiger partial charge in [-0.05, 0) is 63.1 Å². The van der Waals surface area contributed by atoms with Gasteiger partial charge in [0.25, 0.3) is 0 Å². The lowest BCUT2D eigenvalue weighted by atomic mass is 9.82. The van der Waals surface area contributed by atoms with E-state index in [1.807, 2.05) is 12.1 Å². The maximum atomic E-state index is 11.2. The molecule has 1 saturated heterocycles. The molecule has 2 fully saturated rings. The largest absolute Gasteiger partial charge is 0.410 e. The first-order valence-electron chi connectivity index (χ1n) is 10.8. The molecule has 2 aliphatic rings. The van der Waals surface area contributed by atoms with E-state index >= 15 is 0 Å². The summed E-state index contributed by atoms with van der Waals surface area (Å²) in [7, 11) is 0. The standard InChI is InChI=1S/C22H32N4O2/c1-2-5-15-9-11-17(12-10-15)26-13-4-6-16(14-26)21-24-18-7-3-8-19(20(18)25-21)28-22(23)27/h3,7-8,15-17H,2,4-6,9-14H2,1H3,(H2,23,27)(H,24,25). The number of likely N-dealkylation sites (tertiary alicyclic amines) is 1. The van der Waals surface area contributed by atoms with Gasteiger partial charge in [-0.15, -0.1) is 0 Å². The number of nitrogens with one attached hydrogen (secondary N) is 1. The van der Waals surface area contributed by atoms with E-state index in [-0.39, 0.29) is 0 Å². The van der Waals surface area contributed by atoms with Crippen molar-refractivity contribution in [3.05, 3.63) is 24.0 Å². The van der Waals surface area contributed by atoms with E-state index in [9.17, 15) is 4.79 Å². The molecule has 6 heteroatoms. The van der Waals surface area contributed by atoms with E-state index in [0.29, 0.717) is 17.2 Å². The molecule has 152 valence electrons. The molecular weight excluding hydrogens is 352 g/mol. The summed E-state index contributed by atoms with van der Waals surface area (Å²) < 4.78 is 5.12. The molecule has 2 heterocycles. The minimum absolute atomic E-state index is 0.399. The monoisotopic (exact) mass is 384 g/mol. The number of aromatic amines is 1. The summed E-state index contributed by atoms with van der Waals surface area (Å²) in [6.07, 6.45) is 9.71. The number of nitrogens with two attached hydrogens (primary N) is 1. The zero-order valence-electron chi connectivity index (χ0n) is 16.8. The number of aromatic nitrogens is 2. The van der Waals surface area contributed by atoms with Crippen LogP contribution in [-0.2, 0) is 0 Å². The summed E-state index contributed by atoms with van der Waals surface area (Å²) in [6, 6.07) is 6.29. The van der Waals surface area contributed by atoms with Crippen molar-refractivity contribution in [3.63, 3.8) is 0 Å². The molecule has 0 bridgehead atoms. The highest BCUT2D eigenvalue weighted by Crippen LogP contribution is 2.35. The third-order valence-corrected chi connectivity index (χ3v) is 6.57. The maximum absolute atomic E-state index is 11.2. The van der Waals surface area contributed by atoms with Gasteiger partial charge in [-0.2, -0.15) is 0 Å². The zero-order chi connectivity index (χ0) is 19.5. The number of nitrogens with zero attached hydrogens (tertiary/aromatic N) is 2. The van der Waals surface area contributed by atoms with Gasteiger partial charge in [-0.3, -0.25) is 4.90 Å². The third kappa shape index (κ3) is 4.17. The van der Waals surface area contributed by atoms with E-state index in [1.165, 1.54) is 51.5 Å². The van der Waals surface area contributed by atoms with E-state index in [4.69, 9.17) is 15.5 Å². The average molecular weight is 385 g/mol. The van der Waals surface area contributed by atoms with Gasteiger partial charge in [0.05, 0.1) is 5.52 Å². The number of rotatable bonds is 5. The fourth-order valence-corrected chi connectivity index (χ4v) is 5.18. The molecule has 1 saturated carbocycles. The number of hydrogen-bond acceptors (Lipinski definition) is 4.